The van der Waals surface area contributed by atoms with Gasteiger partial charge in [0.15, 0.2) is 6.54 Å². The fourth-order valence-corrected chi connectivity index (χ4v) is 4.87. The van der Waals surface area contributed by atoms with Gasteiger partial charge in [0.2, 0.25) is 0 Å². The molecule has 0 spiro atoms. The summed E-state index contributed by atoms with van der Waals surface area (Å²) in [4.78, 5) is 16.8. The van der Waals surface area contributed by atoms with Gasteiger partial charge in [-0.15, -0.1) is 11.3 Å². The molecule has 3 rings (SSSR count). The molecule has 0 unspecified atom stereocenters. The molecule has 25 heavy (non-hydrogen) atoms. The van der Waals surface area contributed by atoms with Crippen molar-refractivity contribution in [2.75, 3.05) is 38.0 Å². The Hall–Kier alpha value is -1.21. The van der Waals surface area contributed by atoms with E-state index in [9.17, 15) is 4.79 Å². The van der Waals surface area contributed by atoms with Crippen molar-refractivity contribution in [3.05, 3.63) is 50.1 Å². The van der Waals surface area contributed by atoms with E-state index in [1.807, 2.05) is 23.5 Å². The first-order valence-corrected chi connectivity index (χ1v) is 10.4. The van der Waals surface area contributed by atoms with Gasteiger partial charge < -0.3 is 15.1 Å². The number of rotatable bonds is 5. The van der Waals surface area contributed by atoms with Crippen LogP contribution in [-0.4, -0.2) is 38.6 Å². The summed E-state index contributed by atoms with van der Waals surface area (Å²) in [5.41, 5.74) is 3.31. The molecule has 0 bridgehead atoms. The molecule has 1 aliphatic heterocycles. The first kappa shape index (κ1) is 18.6. The van der Waals surface area contributed by atoms with Crippen LogP contribution in [0.1, 0.15) is 16.0 Å². The number of carbonyl (C=O) groups excluding carboxylic acids is 1. The third-order valence-electron chi connectivity index (χ3n) is 5.01. The fraction of sp³-hybridized carbons (Fsp3) is 0.421. The zero-order valence-electron chi connectivity index (χ0n) is 14.8. The van der Waals surface area contributed by atoms with Gasteiger partial charge in [0.25, 0.3) is 5.91 Å². The Bertz CT molecular complexity index is 738. The Morgan fingerprint density at radius 1 is 1.12 bits per heavy atom. The topological polar surface area (TPSA) is 38.0 Å². The maximum absolute atomic E-state index is 12.4. The number of thiophene rings is 1. The average molecular weight is 424 g/mol. The second kappa shape index (κ2) is 8.45. The van der Waals surface area contributed by atoms with E-state index in [1.54, 1.807) is 4.90 Å². The van der Waals surface area contributed by atoms with Crippen molar-refractivity contribution in [3.8, 4) is 0 Å². The van der Waals surface area contributed by atoms with E-state index in [2.05, 4.69) is 53.3 Å². The van der Waals surface area contributed by atoms with Crippen LogP contribution in [0.25, 0.3) is 0 Å². The predicted molar refractivity (Wildman–Crippen MR) is 107 cm³/mol. The molecule has 0 atom stereocenters. The maximum Gasteiger partial charge on any atom is 0.279 e. The Balaban J connectivity index is 1.45. The van der Waals surface area contributed by atoms with Crippen LogP contribution in [-0.2, 0) is 11.3 Å². The largest absolute Gasteiger partial charge is 0.321 e. The van der Waals surface area contributed by atoms with Crippen LogP contribution in [0.3, 0.4) is 0 Å². The molecule has 134 valence electrons. The van der Waals surface area contributed by atoms with Crippen molar-refractivity contribution in [2.45, 2.75) is 20.4 Å². The van der Waals surface area contributed by atoms with Crippen molar-refractivity contribution in [1.82, 2.24) is 0 Å². The van der Waals surface area contributed by atoms with Crippen LogP contribution >= 0.6 is 27.3 Å². The summed E-state index contributed by atoms with van der Waals surface area (Å²) in [7, 11) is 0. The normalized spacial score (nSPS) is 20.4. The number of nitrogens with one attached hydrogen (secondary N) is 3. The molecule has 0 saturated carbocycles. The number of amides is 1. The van der Waals surface area contributed by atoms with Crippen LogP contribution in [0.5, 0.6) is 0 Å². The van der Waals surface area contributed by atoms with Gasteiger partial charge in [-0.25, -0.2) is 0 Å². The maximum atomic E-state index is 12.4. The van der Waals surface area contributed by atoms with Crippen LogP contribution in [0.15, 0.2) is 34.1 Å². The van der Waals surface area contributed by atoms with Crippen molar-refractivity contribution in [1.29, 1.82) is 0 Å². The molecule has 3 N–H and O–H groups in total. The van der Waals surface area contributed by atoms with Crippen LogP contribution in [0, 0.1) is 13.8 Å². The molecule has 4 nitrogen and oxygen atoms in total. The van der Waals surface area contributed by atoms with Crippen LogP contribution < -0.4 is 15.1 Å². The van der Waals surface area contributed by atoms with Crippen molar-refractivity contribution in [3.63, 3.8) is 0 Å². The molecular weight excluding hydrogens is 398 g/mol. The first-order valence-electron chi connectivity index (χ1n) is 8.78. The van der Waals surface area contributed by atoms with E-state index >= 15 is 0 Å². The van der Waals surface area contributed by atoms with Gasteiger partial charge in [-0.2, -0.15) is 0 Å². The third-order valence-corrected chi connectivity index (χ3v) is 6.63. The lowest BCUT2D eigenvalue weighted by Crippen LogP contribution is -3.28. The molecule has 1 aliphatic rings. The number of aryl methyl sites for hydroxylation is 1. The van der Waals surface area contributed by atoms with Gasteiger partial charge in [0, 0.05) is 5.69 Å². The third kappa shape index (κ3) is 5.14. The van der Waals surface area contributed by atoms with Gasteiger partial charge in [-0.1, -0.05) is 12.1 Å². The summed E-state index contributed by atoms with van der Waals surface area (Å²) in [5, 5.41) is 3.08. The average Bonchev–Trinajstić information content (AvgIpc) is 2.99. The Morgan fingerprint density at radius 3 is 2.52 bits per heavy atom. The first-order chi connectivity index (χ1) is 12.0. The van der Waals surface area contributed by atoms with Crippen LogP contribution in [0.4, 0.5) is 5.69 Å². The smallest absolute Gasteiger partial charge is 0.279 e. The van der Waals surface area contributed by atoms with E-state index in [4.69, 9.17) is 0 Å². The molecule has 1 amide bonds. The Kier molecular flexibility index (Phi) is 6.28. The monoisotopic (exact) mass is 423 g/mol. The van der Waals surface area contributed by atoms with E-state index in [0.29, 0.717) is 6.54 Å². The summed E-state index contributed by atoms with van der Waals surface area (Å²) in [6.45, 7) is 10.2. The predicted octanol–water partition coefficient (Wildman–Crippen LogP) is 1.05. The van der Waals surface area contributed by atoms with Gasteiger partial charge in [-0.05, 0) is 59.1 Å². The highest BCUT2D eigenvalue weighted by Gasteiger charge is 2.25. The van der Waals surface area contributed by atoms with Crippen molar-refractivity contribution < 1.29 is 14.6 Å². The fourth-order valence-electron chi connectivity index (χ4n) is 3.31. The minimum absolute atomic E-state index is 0.120. The van der Waals surface area contributed by atoms with Gasteiger partial charge in [0.05, 0.1) is 8.66 Å². The molecular formula is C19H26BrN3OS+2. The van der Waals surface area contributed by atoms with Crippen molar-refractivity contribution in [2.24, 2.45) is 0 Å². The molecule has 6 heteroatoms. The van der Waals surface area contributed by atoms with Gasteiger partial charge >= 0.3 is 0 Å². The SMILES string of the molecule is Cc1cccc(NC(=O)C[NH+]2CC[NH+](Cc3ccc(Br)s3)CC2)c1C. The highest BCUT2D eigenvalue weighted by Crippen LogP contribution is 2.21. The zero-order valence-corrected chi connectivity index (χ0v) is 17.2. The number of quaternary nitrogens is 2. The van der Waals surface area contributed by atoms with Gasteiger partial charge in [0.1, 0.15) is 32.7 Å². The molecule has 1 saturated heterocycles. The summed E-state index contributed by atoms with van der Waals surface area (Å²) in [6, 6.07) is 10.4. The van der Waals surface area contributed by atoms with Gasteiger partial charge in [-0.3, -0.25) is 4.79 Å². The summed E-state index contributed by atoms with van der Waals surface area (Å²) in [5.74, 6) is 0.120. The summed E-state index contributed by atoms with van der Waals surface area (Å²) >= 11 is 5.35. The number of benzene rings is 1. The minimum atomic E-state index is 0.120. The minimum Gasteiger partial charge on any atom is -0.321 e. The number of halogens is 1. The zero-order chi connectivity index (χ0) is 17.8. The number of hydrogen-bond donors (Lipinski definition) is 3. The van der Waals surface area contributed by atoms with E-state index in [0.717, 1.165) is 44.0 Å². The molecule has 1 aromatic carbocycles. The molecule has 2 aromatic rings. The summed E-state index contributed by atoms with van der Waals surface area (Å²) < 4.78 is 1.20. The van der Waals surface area contributed by atoms with Crippen molar-refractivity contribution >= 4 is 38.9 Å². The Morgan fingerprint density at radius 2 is 1.84 bits per heavy atom. The van der Waals surface area contributed by atoms with E-state index in [1.165, 1.54) is 19.1 Å². The highest BCUT2D eigenvalue weighted by atomic mass is 79.9. The molecule has 0 radical (unpaired) electrons. The van der Waals surface area contributed by atoms with E-state index < -0.39 is 0 Å². The number of anilines is 1. The van der Waals surface area contributed by atoms with E-state index in [-0.39, 0.29) is 5.91 Å². The lowest BCUT2D eigenvalue weighted by molar-refractivity contribution is -1.01. The lowest BCUT2D eigenvalue weighted by Gasteiger charge is -2.29. The molecule has 0 aliphatic carbocycles. The number of carbonyl (C=O) groups is 1. The van der Waals surface area contributed by atoms with Crippen LogP contribution in [0.2, 0.25) is 0 Å². The number of hydrogen-bond acceptors (Lipinski definition) is 2. The Labute approximate surface area is 162 Å². The number of piperazine rings is 1. The second-order valence-electron chi connectivity index (χ2n) is 6.86. The second-order valence-corrected chi connectivity index (χ2v) is 9.40. The molecule has 1 aromatic heterocycles. The standard InChI is InChI=1S/C19H24BrN3OS/c1-14-4-3-5-17(15(14)2)21-19(24)13-23-10-8-22(9-11-23)12-16-6-7-18(20)25-16/h3-7H,8-13H2,1-2H3,(H,21,24)/p+2. The summed E-state index contributed by atoms with van der Waals surface area (Å²) in [6.07, 6.45) is 0. The molecule has 2 heterocycles. The molecule has 1 fully saturated rings. The highest BCUT2D eigenvalue weighted by molar-refractivity contribution is 9.11. The lowest BCUT2D eigenvalue weighted by atomic mass is 10.1. The quantitative estimate of drug-likeness (QED) is 0.660.